The molecule has 1 saturated heterocycles. The molecule has 1 aromatic rings. The predicted octanol–water partition coefficient (Wildman–Crippen LogP) is -0.440. The van der Waals surface area contributed by atoms with E-state index in [2.05, 4.69) is 4.98 Å². The Morgan fingerprint density at radius 3 is 2.78 bits per heavy atom. The first-order chi connectivity index (χ1) is 10.9. The SMILES string of the molecule is CCOC(=O)CC1CCCCN1S(=O)(=O)c1c[nH]c(=O)[nH]c1=O. The molecule has 1 aromatic heterocycles. The minimum Gasteiger partial charge on any atom is -0.466 e. The van der Waals surface area contributed by atoms with Crippen LogP contribution in [0.3, 0.4) is 0 Å². The number of esters is 1. The summed E-state index contributed by atoms with van der Waals surface area (Å²) in [6.45, 7) is 2.11. The molecular formula is C13H19N3O6S. The van der Waals surface area contributed by atoms with Crippen LogP contribution in [-0.2, 0) is 19.6 Å². The number of hydrogen-bond donors (Lipinski definition) is 2. The molecule has 128 valence electrons. The topological polar surface area (TPSA) is 129 Å². The normalized spacial score (nSPS) is 19.4. The van der Waals surface area contributed by atoms with Gasteiger partial charge in [0.2, 0.25) is 10.0 Å². The van der Waals surface area contributed by atoms with Gasteiger partial charge in [0.15, 0.2) is 4.90 Å². The molecule has 0 aromatic carbocycles. The van der Waals surface area contributed by atoms with Crippen LogP contribution in [0.1, 0.15) is 32.6 Å². The lowest BCUT2D eigenvalue weighted by atomic mass is 10.0. The van der Waals surface area contributed by atoms with E-state index in [0.717, 1.165) is 16.9 Å². The van der Waals surface area contributed by atoms with Crippen LogP contribution in [0.25, 0.3) is 0 Å². The van der Waals surface area contributed by atoms with Crippen LogP contribution in [0, 0.1) is 0 Å². The summed E-state index contributed by atoms with van der Waals surface area (Å²) >= 11 is 0. The van der Waals surface area contributed by atoms with Gasteiger partial charge in [0, 0.05) is 18.8 Å². The quantitative estimate of drug-likeness (QED) is 0.696. The maximum Gasteiger partial charge on any atom is 0.325 e. The first-order valence-electron chi connectivity index (χ1n) is 7.35. The number of rotatable bonds is 5. The third kappa shape index (κ3) is 3.88. The molecule has 1 aliphatic heterocycles. The summed E-state index contributed by atoms with van der Waals surface area (Å²) in [6.07, 6.45) is 2.76. The molecule has 1 unspecified atom stereocenters. The molecule has 0 aliphatic carbocycles. The van der Waals surface area contributed by atoms with Gasteiger partial charge in [-0.1, -0.05) is 6.42 Å². The highest BCUT2D eigenvalue weighted by molar-refractivity contribution is 7.89. The molecule has 2 N–H and O–H groups in total. The zero-order chi connectivity index (χ0) is 17.0. The van der Waals surface area contributed by atoms with Crippen molar-refractivity contribution in [2.75, 3.05) is 13.2 Å². The standard InChI is InChI=1S/C13H19N3O6S/c1-2-22-11(17)7-9-5-3-4-6-16(9)23(20,21)10-8-14-13(19)15-12(10)18/h8-9H,2-7H2,1H3,(H2,14,15,18,19). The highest BCUT2D eigenvalue weighted by Gasteiger charge is 2.36. The van der Waals surface area contributed by atoms with Gasteiger partial charge in [0.05, 0.1) is 13.0 Å². The van der Waals surface area contributed by atoms with Gasteiger partial charge in [-0.3, -0.25) is 14.6 Å². The molecule has 23 heavy (non-hydrogen) atoms. The van der Waals surface area contributed by atoms with E-state index in [0.29, 0.717) is 12.8 Å². The van der Waals surface area contributed by atoms with Crippen LogP contribution in [-0.4, -0.2) is 47.9 Å². The number of ether oxygens (including phenoxy) is 1. The Labute approximate surface area is 132 Å². The van der Waals surface area contributed by atoms with Crippen molar-refractivity contribution in [1.82, 2.24) is 14.3 Å². The molecule has 1 aliphatic rings. The van der Waals surface area contributed by atoms with Crippen LogP contribution >= 0.6 is 0 Å². The van der Waals surface area contributed by atoms with Gasteiger partial charge in [-0.2, -0.15) is 4.31 Å². The molecule has 0 spiro atoms. The molecule has 10 heteroatoms. The van der Waals surface area contributed by atoms with Crippen molar-refractivity contribution in [3.05, 3.63) is 27.0 Å². The van der Waals surface area contributed by atoms with Crippen LogP contribution in [0.5, 0.6) is 0 Å². The number of aromatic amines is 2. The highest BCUT2D eigenvalue weighted by atomic mass is 32.2. The zero-order valence-electron chi connectivity index (χ0n) is 12.7. The average Bonchev–Trinajstić information content (AvgIpc) is 2.47. The molecule has 9 nitrogen and oxygen atoms in total. The van der Waals surface area contributed by atoms with Crippen molar-refractivity contribution in [2.45, 2.75) is 43.5 Å². The van der Waals surface area contributed by atoms with Gasteiger partial charge < -0.3 is 9.72 Å². The van der Waals surface area contributed by atoms with E-state index in [4.69, 9.17) is 4.74 Å². The zero-order valence-corrected chi connectivity index (χ0v) is 13.5. The third-order valence-electron chi connectivity index (χ3n) is 3.65. The summed E-state index contributed by atoms with van der Waals surface area (Å²) in [6, 6.07) is -0.556. The number of sulfonamides is 1. The lowest BCUT2D eigenvalue weighted by Gasteiger charge is -2.33. The van der Waals surface area contributed by atoms with Crippen LogP contribution in [0.15, 0.2) is 20.7 Å². The fourth-order valence-corrected chi connectivity index (χ4v) is 4.31. The highest BCUT2D eigenvalue weighted by Crippen LogP contribution is 2.25. The van der Waals surface area contributed by atoms with E-state index in [1.165, 1.54) is 0 Å². The Kier molecular flexibility index (Phi) is 5.37. The fourth-order valence-electron chi connectivity index (χ4n) is 2.62. The Hall–Kier alpha value is -1.94. The van der Waals surface area contributed by atoms with Crippen LogP contribution in [0.2, 0.25) is 0 Å². The minimum atomic E-state index is -4.11. The molecule has 0 bridgehead atoms. The monoisotopic (exact) mass is 345 g/mol. The van der Waals surface area contributed by atoms with Crippen molar-refractivity contribution in [1.29, 1.82) is 0 Å². The van der Waals surface area contributed by atoms with E-state index < -0.39 is 38.2 Å². The summed E-state index contributed by atoms with van der Waals surface area (Å²) in [5.41, 5.74) is -1.76. The molecule has 2 heterocycles. The molecule has 0 saturated carbocycles. The summed E-state index contributed by atoms with van der Waals surface area (Å²) in [5, 5.41) is 0. The second-order valence-electron chi connectivity index (χ2n) is 5.21. The summed E-state index contributed by atoms with van der Waals surface area (Å²) in [5.74, 6) is -0.477. The van der Waals surface area contributed by atoms with E-state index >= 15 is 0 Å². The molecule has 2 rings (SSSR count). The molecule has 0 radical (unpaired) electrons. The first-order valence-corrected chi connectivity index (χ1v) is 8.79. The lowest BCUT2D eigenvalue weighted by Crippen LogP contribution is -2.46. The van der Waals surface area contributed by atoms with E-state index in [-0.39, 0.29) is 19.6 Å². The number of piperidine rings is 1. The maximum atomic E-state index is 12.7. The number of carbonyl (C=O) groups is 1. The Bertz CT molecular complexity index is 781. The van der Waals surface area contributed by atoms with E-state index in [1.54, 1.807) is 6.92 Å². The Morgan fingerprint density at radius 2 is 2.13 bits per heavy atom. The average molecular weight is 345 g/mol. The number of H-pyrrole nitrogens is 2. The number of hydrogen-bond acceptors (Lipinski definition) is 6. The van der Waals surface area contributed by atoms with Crippen LogP contribution in [0.4, 0.5) is 0 Å². The summed E-state index contributed by atoms with van der Waals surface area (Å²) in [7, 11) is -4.11. The second-order valence-corrected chi connectivity index (χ2v) is 7.07. The van der Waals surface area contributed by atoms with Gasteiger partial charge in [-0.05, 0) is 19.8 Å². The molecule has 0 amide bonds. The van der Waals surface area contributed by atoms with Gasteiger partial charge in [-0.15, -0.1) is 0 Å². The van der Waals surface area contributed by atoms with Crippen molar-refractivity contribution < 1.29 is 17.9 Å². The van der Waals surface area contributed by atoms with Gasteiger partial charge in [0.1, 0.15) is 0 Å². The van der Waals surface area contributed by atoms with Crippen molar-refractivity contribution in [3.63, 3.8) is 0 Å². The second kappa shape index (κ2) is 7.09. The number of nitrogens with zero attached hydrogens (tertiary/aromatic N) is 1. The number of nitrogens with one attached hydrogen (secondary N) is 2. The molecular weight excluding hydrogens is 326 g/mol. The van der Waals surface area contributed by atoms with Gasteiger partial charge in [0.25, 0.3) is 5.56 Å². The van der Waals surface area contributed by atoms with Crippen molar-refractivity contribution in [2.24, 2.45) is 0 Å². The number of aromatic nitrogens is 2. The predicted molar refractivity (Wildman–Crippen MR) is 80.5 cm³/mol. The van der Waals surface area contributed by atoms with E-state index in [9.17, 15) is 22.8 Å². The van der Waals surface area contributed by atoms with Crippen LogP contribution < -0.4 is 11.2 Å². The lowest BCUT2D eigenvalue weighted by molar-refractivity contribution is -0.144. The van der Waals surface area contributed by atoms with E-state index in [1.807, 2.05) is 4.98 Å². The number of carbonyl (C=O) groups excluding carboxylic acids is 1. The Morgan fingerprint density at radius 1 is 1.39 bits per heavy atom. The Balaban J connectivity index is 2.33. The summed E-state index contributed by atoms with van der Waals surface area (Å²) in [4.78, 5) is 38.0. The van der Waals surface area contributed by atoms with Gasteiger partial charge >= 0.3 is 11.7 Å². The minimum absolute atomic E-state index is 0.0612. The molecule has 1 atom stereocenters. The first kappa shape index (κ1) is 17.4. The molecule has 1 fully saturated rings. The summed E-state index contributed by atoms with van der Waals surface area (Å²) < 4.78 is 31.4. The largest absolute Gasteiger partial charge is 0.466 e. The smallest absolute Gasteiger partial charge is 0.325 e. The third-order valence-corrected chi connectivity index (χ3v) is 5.61. The maximum absolute atomic E-state index is 12.7. The fraction of sp³-hybridized carbons (Fsp3) is 0.615. The van der Waals surface area contributed by atoms with Gasteiger partial charge in [-0.25, -0.2) is 13.2 Å². The van der Waals surface area contributed by atoms with Crippen molar-refractivity contribution in [3.8, 4) is 0 Å². The van der Waals surface area contributed by atoms with Crippen molar-refractivity contribution >= 4 is 16.0 Å².